The summed E-state index contributed by atoms with van der Waals surface area (Å²) in [6.07, 6.45) is 0. The molecule has 182 valence electrons. The second-order valence-electron chi connectivity index (χ2n) is 9.51. The zero-order valence-corrected chi connectivity index (χ0v) is 20.6. The van der Waals surface area contributed by atoms with E-state index < -0.39 is 24.2 Å². The highest BCUT2D eigenvalue weighted by Gasteiger charge is 2.17. The predicted molar refractivity (Wildman–Crippen MR) is 165 cm³/mol. The van der Waals surface area contributed by atoms with Crippen LogP contribution in [0.1, 0.15) is 11.0 Å². The lowest BCUT2D eigenvalue weighted by molar-refractivity contribution is 0.669. The summed E-state index contributed by atoms with van der Waals surface area (Å²) in [5, 5.41) is 2.48. The maximum Gasteiger partial charge on any atom is 0.136 e. The van der Waals surface area contributed by atoms with Crippen molar-refractivity contribution in [3.05, 3.63) is 145 Å². The van der Waals surface area contributed by atoms with Crippen LogP contribution in [0.2, 0.25) is 0 Å². The molecule has 8 rings (SSSR count). The zero-order valence-electron chi connectivity index (χ0n) is 28.6. The molecule has 0 amide bonds. The third-order valence-corrected chi connectivity index (χ3v) is 7.31. The lowest BCUT2D eigenvalue weighted by Crippen LogP contribution is -1.90. The molecule has 0 aliphatic carbocycles. The highest BCUT2D eigenvalue weighted by molar-refractivity contribution is 6.22. The summed E-state index contributed by atoms with van der Waals surface area (Å²) < 4.78 is 77.1. The van der Waals surface area contributed by atoms with Gasteiger partial charge in [-0.25, -0.2) is 0 Å². The summed E-state index contributed by atoms with van der Waals surface area (Å²) in [4.78, 5) is 0. The highest BCUT2D eigenvalue weighted by atomic mass is 16.3. The smallest absolute Gasteiger partial charge is 0.136 e. The van der Waals surface area contributed by atoms with Gasteiger partial charge >= 0.3 is 0 Å². The van der Waals surface area contributed by atoms with E-state index in [1.807, 2.05) is 66.7 Å². The number of hydrogen-bond donors (Lipinski definition) is 0. The van der Waals surface area contributed by atoms with Crippen LogP contribution in [-0.2, 0) is 0 Å². The van der Waals surface area contributed by atoms with Gasteiger partial charge in [0, 0.05) is 10.8 Å². The van der Waals surface area contributed by atoms with Gasteiger partial charge in [0.15, 0.2) is 0 Å². The Hall–Kier alpha value is -5.14. The number of furan rings is 1. The fraction of sp³-hybridized carbons (Fsp3) is 0. The van der Waals surface area contributed by atoms with Crippen molar-refractivity contribution in [3.8, 4) is 33.4 Å². The van der Waals surface area contributed by atoms with E-state index in [9.17, 15) is 0 Å². The summed E-state index contributed by atoms with van der Waals surface area (Å²) >= 11 is 0. The van der Waals surface area contributed by atoms with Crippen molar-refractivity contribution in [1.82, 2.24) is 0 Å². The number of hydrogen-bond acceptors (Lipinski definition) is 1. The minimum absolute atomic E-state index is 0.175. The maximum atomic E-state index is 9.12. The van der Waals surface area contributed by atoms with E-state index >= 15 is 0 Å². The minimum atomic E-state index is -0.429. The fourth-order valence-corrected chi connectivity index (χ4v) is 5.55. The van der Waals surface area contributed by atoms with Crippen LogP contribution < -0.4 is 0 Å². The topological polar surface area (TPSA) is 13.1 Å². The Labute approximate surface area is 237 Å². The third-order valence-electron chi connectivity index (χ3n) is 7.31. The van der Waals surface area contributed by atoms with Gasteiger partial charge in [-0.15, -0.1) is 0 Å². The van der Waals surface area contributed by atoms with E-state index in [1.54, 1.807) is 30.3 Å². The molecule has 1 heterocycles. The quantitative estimate of drug-likeness (QED) is 0.218. The van der Waals surface area contributed by atoms with E-state index in [1.165, 1.54) is 0 Å². The van der Waals surface area contributed by atoms with Crippen molar-refractivity contribution in [2.45, 2.75) is 0 Å². The van der Waals surface area contributed by atoms with Gasteiger partial charge in [0.2, 0.25) is 0 Å². The Balaban J connectivity index is 1.54. The average molecular weight is 505 g/mol. The fourth-order valence-electron chi connectivity index (χ4n) is 5.55. The lowest BCUT2D eigenvalue weighted by atomic mass is 9.86. The molecule has 7 aromatic carbocycles. The maximum absolute atomic E-state index is 9.12. The first-order valence-electron chi connectivity index (χ1n) is 16.7. The molecule has 0 atom stereocenters. The normalized spacial score (nSPS) is 14.5. The van der Waals surface area contributed by atoms with Crippen LogP contribution in [0.5, 0.6) is 0 Å². The van der Waals surface area contributed by atoms with Crippen molar-refractivity contribution in [2.75, 3.05) is 0 Å². The molecule has 0 aliphatic rings. The summed E-state index contributed by atoms with van der Waals surface area (Å²) in [6.45, 7) is 0. The van der Waals surface area contributed by atoms with E-state index in [0.717, 1.165) is 21.9 Å². The standard InChI is InChI=1S/C38H24O/c1-3-11-25(12-4-1)27-19-21-29-30-22-20-28(24-36(30)39-35(29)23-27)38-33-17-9-7-15-31(33)37(26-13-5-2-6-14-26)32-16-8-10-18-34(32)38/h1-24H/i7D,8D,9D,10D,15D,16D,17D,18D. The van der Waals surface area contributed by atoms with Crippen LogP contribution in [0.4, 0.5) is 0 Å². The number of benzene rings is 7. The first kappa shape index (κ1) is 15.3. The molecule has 1 aromatic heterocycles. The Morgan fingerprint density at radius 2 is 0.821 bits per heavy atom. The number of fused-ring (bicyclic) bond motifs is 5. The molecular weight excluding hydrogens is 472 g/mol. The summed E-state index contributed by atoms with van der Waals surface area (Å²) in [5.74, 6) is 0. The van der Waals surface area contributed by atoms with E-state index in [0.29, 0.717) is 33.4 Å². The van der Waals surface area contributed by atoms with Gasteiger partial charge in [0.25, 0.3) is 0 Å². The Kier molecular flexibility index (Phi) is 3.42. The van der Waals surface area contributed by atoms with Crippen LogP contribution in [0.25, 0.3) is 76.9 Å². The first-order chi connectivity index (χ1) is 22.7. The van der Waals surface area contributed by atoms with E-state index in [4.69, 9.17) is 15.4 Å². The Morgan fingerprint density at radius 3 is 1.36 bits per heavy atom. The van der Waals surface area contributed by atoms with Crippen molar-refractivity contribution in [1.29, 1.82) is 0 Å². The molecular formula is C38H24O. The molecule has 0 saturated heterocycles. The molecule has 0 saturated carbocycles. The van der Waals surface area contributed by atoms with Crippen molar-refractivity contribution in [2.24, 2.45) is 0 Å². The lowest BCUT2D eigenvalue weighted by Gasteiger charge is -2.17. The van der Waals surface area contributed by atoms with Gasteiger partial charge < -0.3 is 4.42 Å². The Morgan fingerprint density at radius 1 is 0.385 bits per heavy atom. The molecule has 0 spiro atoms. The zero-order chi connectivity index (χ0) is 32.7. The molecule has 0 N–H and O–H groups in total. The molecule has 0 radical (unpaired) electrons. The molecule has 0 fully saturated rings. The van der Waals surface area contributed by atoms with Gasteiger partial charge in [-0.2, -0.15) is 0 Å². The highest BCUT2D eigenvalue weighted by Crippen LogP contribution is 2.44. The third kappa shape index (κ3) is 3.48. The number of rotatable bonds is 3. The SMILES string of the molecule is [2H]c1c([2H])c([2H])c2c(-c3ccc4c(c3)oc3cc(-c5ccccc5)ccc34)c3c([2H])c([2H])c([2H])c([2H])c3c(-c3ccccc3)c2c1[2H]. The van der Waals surface area contributed by atoms with E-state index in [2.05, 4.69) is 0 Å². The van der Waals surface area contributed by atoms with Crippen LogP contribution >= 0.6 is 0 Å². The average Bonchev–Trinajstić information content (AvgIpc) is 3.48. The van der Waals surface area contributed by atoms with Crippen molar-refractivity contribution < 1.29 is 15.4 Å². The molecule has 1 nitrogen and oxygen atoms in total. The predicted octanol–water partition coefficient (Wildman–Crippen LogP) is 10.9. The van der Waals surface area contributed by atoms with Crippen LogP contribution in [0.3, 0.4) is 0 Å². The molecule has 0 aliphatic heterocycles. The van der Waals surface area contributed by atoms with Crippen molar-refractivity contribution in [3.63, 3.8) is 0 Å². The summed E-state index contributed by atoms with van der Waals surface area (Å²) in [5.41, 5.74) is 4.97. The van der Waals surface area contributed by atoms with Gasteiger partial charge in [-0.1, -0.05) is 121 Å². The van der Waals surface area contributed by atoms with Crippen molar-refractivity contribution >= 4 is 43.5 Å². The summed E-state index contributed by atoms with van der Waals surface area (Å²) in [6, 6.07) is 27.6. The Bertz CT molecular complexity index is 2510. The van der Waals surface area contributed by atoms with Crippen LogP contribution in [0.15, 0.2) is 150 Å². The van der Waals surface area contributed by atoms with Gasteiger partial charge in [-0.05, 0) is 79.2 Å². The van der Waals surface area contributed by atoms with Gasteiger partial charge in [-0.3, -0.25) is 0 Å². The monoisotopic (exact) mass is 504 g/mol. The first-order valence-corrected chi connectivity index (χ1v) is 12.7. The van der Waals surface area contributed by atoms with Crippen LogP contribution in [0, 0.1) is 0 Å². The molecule has 39 heavy (non-hydrogen) atoms. The van der Waals surface area contributed by atoms with Crippen LogP contribution in [-0.4, -0.2) is 0 Å². The van der Waals surface area contributed by atoms with Gasteiger partial charge in [0.1, 0.15) is 11.2 Å². The second-order valence-corrected chi connectivity index (χ2v) is 9.51. The molecule has 8 aromatic rings. The minimum Gasteiger partial charge on any atom is -0.456 e. The molecule has 0 unspecified atom stereocenters. The van der Waals surface area contributed by atoms with E-state index in [-0.39, 0.29) is 45.7 Å². The molecule has 0 bridgehead atoms. The summed E-state index contributed by atoms with van der Waals surface area (Å²) in [7, 11) is 0. The largest absolute Gasteiger partial charge is 0.456 e. The molecule has 1 heteroatoms. The van der Waals surface area contributed by atoms with Gasteiger partial charge in [0.05, 0.1) is 11.0 Å². The second kappa shape index (κ2) is 8.72.